The molecule has 0 aliphatic carbocycles. The van der Waals surface area contributed by atoms with Gasteiger partial charge in [0, 0.05) is 11.6 Å². The number of alkyl halides is 2. The van der Waals surface area contributed by atoms with Gasteiger partial charge in [-0.25, -0.2) is 8.78 Å². The summed E-state index contributed by atoms with van der Waals surface area (Å²) in [6.45, 7) is 1.69. The number of halogens is 2. The van der Waals surface area contributed by atoms with Gasteiger partial charge >= 0.3 is 0 Å². The molecule has 80 valence electrons. The predicted octanol–water partition coefficient (Wildman–Crippen LogP) is 2.40. The van der Waals surface area contributed by atoms with E-state index in [9.17, 15) is 8.78 Å². The minimum absolute atomic E-state index is 0.00273. The van der Waals surface area contributed by atoms with Crippen LogP contribution in [0.1, 0.15) is 23.4 Å². The van der Waals surface area contributed by atoms with Crippen LogP contribution in [-0.2, 0) is 6.42 Å². The van der Waals surface area contributed by atoms with Gasteiger partial charge in [-0.15, -0.1) is 0 Å². The van der Waals surface area contributed by atoms with Crippen molar-refractivity contribution >= 4 is 0 Å². The predicted molar refractivity (Wildman–Crippen MR) is 49.8 cm³/mol. The minimum Gasteiger partial charge on any atom is -0.496 e. The first-order chi connectivity index (χ1) is 7.10. The minimum atomic E-state index is -2.66. The van der Waals surface area contributed by atoms with Crippen LogP contribution in [0.25, 0.3) is 0 Å². The molecule has 0 aliphatic heterocycles. The molecule has 0 saturated carbocycles. The molecule has 3 nitrogen and oxygen atoms in total. The molecule has 5 heteroatoms. The van der Waals surface area contributed by atoms with Crippen LogP contribution in [0.4, 0.5) is 8.78 Å². The highest BCUT2D eigenvalue weighted by Gasteiger charge is 2.15. The second-order valence-electron chi connectivity index (χ2n) is 2.96. The van der Waals surface area contributed by atoms with Crippen LogP contribution in [0, 0.1) is 18.3 Å². The van der Waals surface area contributed by atoms with Crippen molar-refractivity contribution in [3.05, 3.63) is 23.0 Å². The summed E-state index contributed by atoms with van der Waals surface area (Å²) in [6.07, 6.45) is -2.65. The van der Waals surface area contributed by atoms with Gasteiger partial charge in [0.2, 0.25) is 0 Å². The molecule has 0 radical (unpaired) electrons. The molecule has 1 rings (SSSR count). The third-order valence-electron chi connectivity index (χ3n) is 2.04. The zero-order valence-corrected chi connectivity index (χ0v) is 8.42. The van der Waals surface area contributed by atoms with Crippen molar-refractivity contribution in [1.29, 1.82) is 5.26 Å². The lowest BCUT2D eigenvalue weighted by Gasteiger charge is -2.10. The zero-order valence-electron chi connectivity index (χ0n) is 8.42. The van der Waals surface area contributed by atoms with Crippen LogP contribution < -0.4 is 4.74 Å². The van der Waals surface area contributed by atoms with E-state index in [1.165, 1.54) is 13.2 Å². The number of hydrogen-bond acceptors (Lipinski definition) is 3. The van der Waals surface area contributed by atoms with Crippen molar-refractivity contribution in [1.82, 2.24) is 4.98 Å². The summed E-state index contributed by atoms with van der Waals surface area (Å²) in [4.78, 5) is 3.72. The van der Waals surface area contributed by atoms with Crippen LogP contribution in [0.3, 0.4) is 0 Å². The Morgan fingerprint density at radius 1 is 1.60 bits per heavy atom. The molecule has 1 aromatic heterocycles. The Bertz CT molecular complexity index is 399. The monoisotopic (exact) mass is 212 g/mol. The summed E-state index contributed by atoms with van der Waals surface area (Å²) in [5, 5.41) is 8.52. The standard InChI is InChI=1S/C10H10F2N2O/c1-6-7(3-4-13)14-8(10(11)12)5-9(6)15-2/h5,10H,3H2,1-2H3. The molecule has 15 heavy (non-hydrogen) atoms. The lowest BCUT2D eigenvalue weighted by Crippen LogP contribution is -2.01. The first kappa shape index (κ1) is 11.4. The number of hydrogen-bond donors (Lipinski definition) is 0. The van der Waals surface area contributed by atoms with Gasteiger partial charge in [-0.3, -0.25) is 4.98 Å². The fourth-order valence-electron chi connectivity index (χ4n) is 1.23. The van der Waals surface area contributed by atoms with Gasteiger partial charge in [0.25, 0.3) is 6.43 Å². The maximum Gasteiger partial charge on any atom is 0.280 e. The topological polar surface area (TPSA) is 45.9 Å². The first-order valence-corrected chi connectivity index (χ1v) is 4.29. The van der Waals surface area contributed by atoms with Crippen LogP contribution in [0.5, 0.6) is 5.75 Å². The number of nitrogens with zero attached hydrogens (tertiary/aromatic N) is 2. The van der Waals surface area contributed by atoms with Gasteiger partial charge in [-0.1, -0.05) is 0 Å². The number of nitriles is 1. The van der Waals surface area contributed by atoms with E-state index in [0.717, 1.165) is 0 Å². The lowest BCUT2D eigenvalue weighted by molar-refractivity contribution is 0.145. The molecule has 0 fully saturated rings. The van der Waals surface area contributed by atoms with Crippen molar-refractivity contribution in [3.63, 3.8) is 0 Å². The smallest absolute Gasteiger partial charge is 0.280 e. The summed E-state index contributed by atoms with van der Waals surface area (Å²) in [5.41, 5.74) is 0.610. The summed E-state index contributed by atoms with van der Waals surface area (Å²) in [6, 6.07) is 3.07. The van der Waals surface area contributed by atoms with Gasteiger partial charge in [0.15, 0.2) is 0 Å². The van der Waals surface area contributed by atoms with E-state index >= 15 is 0 Å². The van der Waals surface area contributed by atoms with Gasteiger partial charge < -0.3 is 4.74 Å². The molecule has 0 N–H and O–H groups in total. The Morgan fingerprint density at radius 3 is 2.73 bits per heavy atom. The normalized spacial score (nSPS) is 10.1. The Labute approximate surface area is 86.3 Å². The maximum atomic E-state index is 12.4. The summed E-state index contributed by atoms with van der Waals surface area (Å²) < 4.78 is 29.8. The molecule has 0 amide bonds. The van der Waals surface area contributed by atoms with Gasteiger partial charge in [-0.05, 0) is 6.92 Å². The quantitative estimate of drug-likeness (QED) is 0.772. The summed E-state index contributed by atoms with van der Waals surface area (Å²) in [7, 11) is 1.40. The molecule has 1 heterocycles. The highest BCUT2D eigenvalue weighted by molar-refractivity contribution is 5.38. The second kappa shape index (κ2) is 4.69. The largest absolute Gasteiger partial charge is 0.496 e. The third kappa shape index (κ3) is 2.40. The molecule has 0 aromatic carbocycles. The summed E-state index contributed by atoms with van der Waals surface area (Å²) in [5.74, 6) is 0.338. The maximum absolute atomic E-state index is 12.4. The van der Waals surface area contributed by atoms with E-state index in [-0.39, 0.29) is 12.1 Å². The Balaban J connectivity index is 3.26. The highest BCUT2D eigenvalue weighted by atomic mass is 19.3. The average Bonchev–Trinajstić information content (AvgIpc) is 2.21. The van der Waals surface area contributed by atoms with Crippen molar-refractivity contribution in [2.75, 3.05) is 7.11 Å². The van der Waals surface area contributed by atoms with E-state index in [1.807, 2.05) is 6.07 Å². The molecular weight excluding hydrogens is 202 g/mol. The lowest BCUT2D eigenvalue weighted by atomic mass is 10.1. The fraction of sp³-hybridized carbons (Fsp3) is 0.400. The van der Waals surface area contributed by atoms with Crippen molar-refractivity contribution < 1.29 is 13.5 Å². The number of pyridine rings is 1. The van der Waals surface area contributed by atoms with Crippen molar-refractivity contribution in [2.24, 2.45) is 0 Å². The number of aromatic nitrogens is 1. The van der Waals surface area contributed by atoms with E-state index in [2.05, 4.69) is 4.98 Å². The average molecular weight is 212 g/mol. The highest BCUT2D eigenvalue weighted by Crippen LogP contribution is 2.26. The molecular formula is C10H10F2N2O. The molecule has 0 bridgehead atoms. The molecule has 0 spiro atoms. The van der Waals surface area contributed by atoms with Crippen LogP contribution in [0.15, 0.2) is 6.07 Å². The fourth-order valence-corrected chi connectivity index (χ4v) is 1.23. The number of ether oxygens (including phenoxy) is 1. The van der Waals surface area contributed by atoms with Crippen molar-refractivity contribution in [3.8, 4) is 11.8 Å². The van der Waals surface area contributed by atoms with Crippen molar-refractivity contribution in [2.45, 2.75) is 19.8 Å². The molecule has 0 aliphatic rings. The molecule has 0 unspecified atom stereocenters. The Hall–Kier alpha value is -1.70. The van der Waals surface area contributed by atoms with E-state index in [1.54, 1.807) is 6.92 Å². The van der Waals surface area contributed by atoms with Crippen LogP contribution >= 0.6 is 0 Å². The van der Waals surface area contributed by atoms with Crippen LogP contribution in [-0.4, -0.2) is 12.1 Å². The second-order valence-corrected chi connectivity index (χ2v) is 2.96. The third-order valence-corrected chi connectivity index (χ3v) is 2.04. The number of rotatable bonds is 3. The van der Waals surface area contributed by atoms with E-state index in [0.29, 0.717) is 17.0 Å². The zero-order chi connectivity index (χ0) is 11.4. The first-order valence-electron chi connectivity index (χ1n) is 4.29. The van der Waals surface area contributed by atoms with Crippen LogP contribution in [0.2, 0.25) is 0 Å². The van der Waals surface area contributed by atoms with Gasteiger partial charge in [0.1, 0.15) is 11.4 Å². The molecule has 0 saturated heterocycles. The van der Waals surface area contributed by atoms with Gasteiger partial charge in [-0.2, -0.15) is 5.26 Å². The SMILES string of the molecule is COc1cc(C(F)F)nc(CC#N)c1C. The van der Waals surface area contributed by atoms with E-state index in [4.69, 9.17) is 10.00 Å². The Kier molecular flexibility index (Phi) is 3.56. The Morgan fingerprint density at radius 2 is 2.27 bits per heavy atom. The number of methoxy groups -OCH3 is 1. The summed E-state index contributed by atoms with van der Waals surface area (Å²) >= 11 is 0. The molecule has 1 aromatic rings. The molecule has 0 atom stereocenters. The van der Waals surface area contributed by atoms with Gasteiger partial charge in [0.05, 0.1) is 25.3 Å². The van der Waals surface area contributed by atoms with E-state index < -0.39 is 6.43 Å².